The molecular formula is C27H35N3O3. The smallest absolute Gasteiger partial charge is 0.281 e. The number of aromatic nitrogens is 2. The van der Waals surface area contributed by atoms with Crippen LogP contribution in [0.3, 0.4) is 0 Å². The van der Waals surface area contributed by atoms with Crippen LogP contribution >= 0.6 is 0 Å². The van der Waals surface area contributed by atoms with E-state index in [4.69, 9.17) is 9.26 Å². The van der Waals surface area contributed by atoms with Gasteiger partial charge in [-0.05, 0) is 23.7 Å². The van der Waals surface area contributed by atoms with Crippen LogP contribution < -0.4 is 9.84 Å². The maximum atomic E-state index is 14.4. The molecule has 33 heavy (non-hydrogen) atoms. The van der Waals surface area contributed by atoms with E-state index in [0.717, 1.165) is 50.0 Å². The molecule has 3 aromatic rings. The molecular weight excluding hydrogens is 414 g/mol. The van der Waals surface area contributed by atoms with Gasteiger partial charge in [0, 0.05) is 6.42 Å². The van der Waals surface area contributed by atoms with Crippen molar-refractivity contribution in [2.45, 2.75) is 50.7 Å². The van der Waals surface area contributed by atoms with Crippen molar-refractivity contribution in [2.24, 2.45) is 5.92 Å². The third-order valence-electron chi connectivity index (χ3n) is 6.67. The van der Waals surface area contributed by atoms with Gasteiger partial charge >= 0.3 is 0 Å². The van der Waals surface area contributed by atoms with Crippen LogP contribution in [-0.4, -0.2) is 41.9 Å². The molecule has 6 nitrogen and oxygen atoms in total. The third kappa shape index (κ3) is 5.81. The molecule has 1 saturated carbocycles. The molecule has 0 amide bonds. The summed E-state index contributed by atoms with van der Waals surface area (Å²) in [6.45, 7) is 2.13. The van der Waals surface area contributed by atoms with Gasteiger partial charge in [-0.3, -0.25) is 0 Å². The lowest BCUT2D eigenvalue weighted by molar-refractivity contribution is -0.905. The third-order valence-corrected chi connectivity index (χ3v) is 6.67. The van der Waals surface area contributed by atoms with Crippen LogP contribution in [-0.2, 0) is 12.1 Å². The van der Waals surface area contributed by atoms with E-state index in [-0.39, 0.29) is 11.7 Å². The second-order valence-corrected chi connectivity index (χ2v) is 9.78. The van der Waals surface area contributed by atoms with Gasteiger partial charge in [-0.2, -0.15) is 4.98 Å². The van der Waals surface area contributed by atoms with Crippen molar-refractivity contribution in [1.82, 2.24) is 10.1 Å². The SMILES string of the molecule is C[N+](C)(CCCOc1ccccc1)Cc1nc(C([O-])(c2ccccc2)C2CCCCC2)no1. The van der Waals surface area contributed by atoms with Gasteiger partial charge in [0.2, 0.25) is 0 Å². The Morgan fingerprint density at radius 3 is 2.36 bits per heavy atom. The van der Waals surface area contributed by atoms with E-state index in [2.05, 4.69) is 24.2 Å². The summed E-state index contributed by atoms with van der Waals surface area (Å²) in [6.07, 6.45) is 6.08. The van der Waals surface area contributed by atoms with E-state index in [9.17, 15) is 5.11 Å². The minimum atomic E-state index is -1.47. The van der Waals surface area contributed by atoms with E-state index in [0.29, 0.717) is 23.5 Å². The van der Waals surface area contributed by atoms with Crippen LogP contribution in [0.1, 0.15) is 55.8 Å². The van der Waals surface area contributed by atoms with Crippen molar-refractivity contribution in [3.05, 3.63) is 77.9 Å². The quantitative estimate of drug-likeness (QED) is 0.341. The van der Waals surface area contributed by atoms with Crippen molar-refractivity contribution in [1.29, 1.82) is 0 Å². The summed E-state index contributed by atoms with van der Waals surface area (Å²) in [4.78, 5) is 4.66. The highest BCUT2D eigenvalue weighted by Crippen LogP contribution is 2.40. The molecule has 0 N–H and O–H groups in total. The van der Waals surface area contributed by atoms with Crippen molar-refractivity contribution < 1.29 is 18.8 Å². The lowest BCUT2D eigenvalue weighted by atomic mass is 9.73. The Morgan fingerprint density at radius 2 is 1.67 bits per heavy atom. The van der Waals surface area contributed by atoms with E-state index in [1.807, 2.05) is 60.7 Å². The summed E-state index contributed by atoms with van der Waals surface area (Å²) in [6, 6.07) is 19.5. The van der Waals surface area contributed by atoms with E-state index >= 15 is 0 Å². The van der Waals surface area contributed by atoms with Crippen molar-refractivity contribution in [3.63, 3.8) is 0 Å². The summed E-state index contributed by atoms with van der Waals surface area (Å²) in [5, 5.41) is 18.6. The molecule has 1 unspecified atom stereocenters. The largest absolute Gasteiger partial charge is 0.840 e. The minimum Gasteiger partial charge on any atom is -0.840 e. The van der Waals surface area contributed by atoms with E-state index in [1.54, 1.807) is 0 Å². The molecule has 1 heterocycles. The van der Waals surface area contributed by atoms with Gasteiger partial charge in [-0.15, -0.1) is 0 Å². The lowest BCUT2D eigenvalue weighted by Gasteiger charge is -2.46. The fourth-order valence-corrected chi connectivity index (χ4v) is 4.86. The predicted octanol–water partition coefficient (Wildman–Crippen LogP) is 4.30. The number of rotatable bonds is 10. The molecule has 0 aliphatic heterocycles. The Kier molecular flexibility index (Phi) is 7.46. The molecule has 0 bridgehead atoms. The molecule has 176 valence electrons. The van der Waals surface area contributed by atoms with Gasteiger partial charge in [-0.25, -0.2) is 0 Å². The lowest BCUT2D eigenvalue weighted by Crippen LogP contribution is -2.50. The number of ether oxygens (including phenoxy) is 1. The second kappa shape index (κ2) is 10.5. The van der Waals surface area contributed by atoms with Crippen molar-refractivity contribution in [2.75, 3.05) is 27.2 Å². The van der Waals surface area contributed by atoms with Crippen LogP contribution in [0.15, 0.2) is 65.2 Å². The molecule has 6 heteroatoms. The summed E-state index contributed by atoms with van der Waals surface area (Å²) in [7, 11) is 4.27. The molecule has 0 radical (unpaired) electrons. The highest BCUT2D eigenvalue weighted by atomic mass is 16.5. The van der Waals surface area contributed by atoms with Crippen molar-refractivity contribution in [3.8, 4) is 5.75 Å². The average Bonchev–Trinajstić information content (AvgIpc) is 3.31. The number of nitrogens with zero attached hydrogens (tertiary/aromatic N) is 3. The van der Waals surface area contributed by atoms with Gasteiger partial charge < -0.3 is 18.8 Å². The zero-order valence-corrected chi connectivity index (χ0v) is 19.8. The second-order valence-electron chi connectivity index (χ2n) is 9.78. The Balaban J connectivity index is 1.42. The topological polar surface area (TPSA) is 71.2 Å². The van der Waals surface area contributed by atoms with Crippen LogP contribution in [0, 0.1) is 5.92 Å². The predicted molar refractivity (Wildman–Crippen MR) is 125 cm³/mol. The average molecular weight is 450 g/mol. The van der Waals surface area contributed by atoms with Crippen LogP contribution in [0.4, 0.5) is 0 Å². The summed E-state index contributed by atoms with van der Waals surface area (Å²) >= 11 is 0. The zero-order valence-electron chi connectivity index (χ0n) is 19.8. The van der Waals surface area contributed by atoms with Crippen LogP contribution in [0.5, 0.6) is 5.75 Å². The fourth-order valence-electron chi connectivity index (χ4n) is 4.86. The number of hydrogen-bond donors (Lipinski definition) is 0. The van der Waals surface area contributed by atoms with E-state index < -0.39 is 5.60 Å². The number of hydrogen-bond acceptors (Lipinski definition) is 5. The minimum absolute atomic E-state index is 0.0169. The van der Waals surface area contributed by atoms with Gasteiger partial charge in [0.15, 0.2) is 12.4 Å². The molecule has 1 aromatic heterocycles. The van der Waals surface area contributed by atoms with Crippen LogP contribution in [0.25, 0.3) is 0 Å². The first-order chi connectivity index (χ1) is 16.0. The highest BCUT2D eigenvalue weighted by molar-refractivity contribution is 5.29. The first-order valence-electron chi connectivity index (χ1n) is 12.1. The standard InChI is InChI=1S/C27H35N3O3/c1-30(2,19-12-20-32-24-17-10-5-11-18-24)21-25-28-26(29-33-25)27(31,22-13-6-3-7-14-22)23-15-8-4-9-16-23/h3,5-7,10-11,13-14,17-18,23H,4,8-9,12,15-16,19-21H2,1-2H3. The monoisotopic (exact) mass is 449 g/mol. The number of benzene rings is 2. The highest BCUT2D eigenvalue weighted by Gasteiger charge is 2.36. The Bertz CT molecular complexity index is 984. The van der Waals surface area contributed by atoms with Crippen molar-refractivity contribution >= 4 is 0 Å². The molecule has 1 fully saturated rings. The zero-order chi connectivity index (χ0) is 23.2. The molecule has 0 saturated heterocycles. The first-order valence-corrected chi connectivity index (χ1v) is 12.1. The molecule has 1 atom stereocenters. The number of quaternary nitrogens is 1. The fraction of sp³-hybridized carbons (Fsp3) is 0.481. The first kappa shape index (κ1) is 23.5. The maximum Gasteiger partial charge on any atom is 0.281 e. The maximum absolute atomic E-state index is 14.4. The van der Waals surface area contributed by atoms with Gasteiger partial charge in [0.25, 0.3) is 5.89 Å². The van der Waals surface area contributed by atoms with Gasteiger partial charge in [0.1, 0.15) is 5.75 Å². The molecule has 1 aliphatic rings. The summed E-state index contributed by atoms with van der Waals surface area (Å²) in [5.41, 5.74) is -0.736. The van der Waals surface area contributed by atoms with E-state index in [1.165, 1.54) is 6.42 Å². The number of para-hydroxylation sites is 1. The molecule has 0 spiro atoms. The summed E-state index contributed by atoms with van der Waals surface area (Å²) in [5.74, 6) is 1.67. The van der Waals surface area contributed by atoms with Gasteiger partial charge in [-0.1, -0.05) is 91.4 Å². The van der Waals surface area contributed by atoms with Crippen LogP contribution in [0.2, 0.25) is 0 Å². The van der Waals surface area contributed by atoms with Gasteiger partial charge in [0.05, 0.1) is 27.2 Å². The Hall–Kier alpha value is -2.70. The molecule has 2 aromatic carbocycles. The Labute approximate surface area is 196 Å². The summed E-state index contributed by atoms with van der Waals surface area (Å²) < 4.78 is 12.1. The molecule has 1 aliphatic carbocycles. The molecule has 4 rings (SSSR count). The normalized spacial score (nSPS) is 16.9. The Morgan fingerprint density at radius 1 is 1.00 bits per heavy atom.